The quantitative estimate of drug-likeness (QED) is 0.280. The highest BCUT2D eigenvalue weighted by Crippen LogP contribution is 2.37. The number of aromatic nitrogens is 2. The van der Waals surface area contributed by atoms with Gasteiger partial charge in [0.05, 0.1) is 24.0 Å². The van der Waals surface area contributed by atoms with E-state index in [1.807, 2.05) is 19.2 Å². The summed E-state index contributed by atoms with van der Waals surface area (Å²) >= 11 is 0. The van der Waals surface area contributed by atoms with Crippen LogP contribution in [-0.4, -0.2) is 38.5 Å². The maximum absolute atomic E-state index is 13.1. The molecular weight excluding hydrogens is 533 g/mol. The zero-order valence-corrected chi connectivity index (χ0v) is 22.2. The highest BCUT2D eigenvalue weighted by molar-refractivity contribution is 7.89. The van der Waals surface area contributed by atoms with Crippen molar-refractivity contribution in [2.45, 2.75) is 24.2 Å². The van der Waals surface area contributed by atoms with Crippen molar-refractivity contribution in [1.29, 1.82) is 0 Å². The Morgan fingerprint density at radius 2 is 1.59 bits per heavy atom. The van der Waals surface area contributed by atoms with E-state index in [1.54, 1.807) is 42.4 Å². The summed E-state index contributed by atoms with van der Waals surface area (Å²) in [5.41, 5.74) is 3.86. The molecule has 12 heteroatoms. The lowest BCUT2D eigenvalue weighted by atomic mass is 9.96. The van der Waals surface area contributed by atoms with Gasteiger partial charge in [0.15, 0.2) is 0 Å². The van der Waals surface area contributed by atoms with Gasteiger partial charge in [-0.1, -0.05) is 24.3 Å². The molecule has 3 aromatic carbocycles. The Morgan fingerprint density at radius 1 is 0.949 bits per heavy atom. The first-order valence-corrected chi connectivity index (χ1v) is 13.3. The summed E-state index contributed by atoms with van der Waals surface area (Å²) in [7, 11) is 0.899. The van der Waals surface area contributed by atoms with Crippen molar-refractivity contribution in [2.75, 3.05) is 19.5 Å². The zero-order valence-electron chi connectivity index (χ0n) is 21.4. The minimum atomic E-state index is -4.77. The molecule has 0 saturated heterocycles. The van der Waals surface area contributed by atoms with Gasteiger partial charge in [-0.05, 0) is 66.6 Å². The van der Waals surface area contributed by atoms with Crippen LogP contribution in [0.25, 0.3) is 11.3 Å². The molecule has 0 unspecified atom stereocenters. The second-order valence-corrected chi connectivity index (χ2v) is 10.5. The van der Waals surface area contributed by atoms with E-state index in [0.29, 0.717) is 33.8 Å². The largest absolute Gasteiger partial charge is 0.573 e. The van der Waals surface area contributed by atoms with Gasteiger partial charge in [0.25, 0.3) is 0 Å². The maximum atomic E-state index is 13.1. The fraction of sp³-hybridized carbons (Fsp3) is 0.222. The van der Waals surface area contributed by atoms with E-state index >= 15 is 0 Å². The van der Waals surface area contributed by atoms with Crippen molar-refractivity contribution < 1.29 is 31.1 Å². The van der Waals surface area contributed by atoms with Crippen LogP contribution in [0.5, 0.6) is 11.5 Å². The van der Waals surface area contributed by atoms with Gasteiger partial charge in [0.2, 0.25) is 10.0 Å². The number of anilines is 1. The molecule has 0 aliphatic rings. The summed E-state index contributed by atoms with van der Waals surface area (Å²) in [5.74, 6) is 0.359. The molecule has 2 N–H and O–H groups in total. The molecular formula is C27H27F3N4O4S. The monoisotopic (exact) mass is 560 g/mol. The van der Waals surface area contributed by atoms with Crippen molar-refractivity contribution in [1.82, 2.24) is 14.3 Å². The molecule has 0 spiro atoms. The van der Waals surface area contributed by atoms with Crippen LogP contribution in [0.4, 0.5) is 18.9 Å². The third-order valence-corrected chi connectivity index (χ3v) is 7.47. The normalized spacial score (nSPS) is 11.8. The average molecular weight is 561 g/mol. The second kappa shape index (κ2) is 11.4. The summed E-state index contributed by atoms with van der Waals surface area (Å²) in [6.45, 7) is 0.256. The molecule has 0 saturated carbocycles. The molecule has 0 radical (unpaired) electrons. The Morgan fingerprint density at radius 3 is 2.15 bits per heavy atom. The number of hydrogen-bond donors (Lipinski definition) is 2. The molecule has 0 atom stereocenters. The van der Waals surface area contributed by atoms with Crippen LogP contribution in [0.1, 0.15) is 16.7 Å². The molecule has 206 valence electrons. The third kappa shape index (κ3) is 6.89. The highest BCUT2D eigenvalue weighted by Gasteiger charge is 2.31. The highest BCUT2D eigenvalue weighted by atomic mass is 32.2. The predicted octanol–water partition coefficient (Wildman–Crippen LogP) is 5.11. The Labute approximate surface area is 224 Å². The number of imidazole rings is 1. The zero-order chi connectivity index (χ0) is 28.2. The fourth-order valence-corrected chi connectivity index (χ4v) is 5.07. The SMILES string of the molecule is CNS(=O)(=O)c1ccc(NCc2ccc(OC(F)(F)F)cc2)c(-c2cn(C)cn2)c1Cc1ccc(OC)cc1. The van der Waals surface area contributed by atoms with E-state index in [4.69, 9.17) is 4.74 Å². The Bertz CT molecular complexity index is 1530. The molecule has 4 aromatic rings. The number of halogens is 3. The lowest BCUT2D eigenvalue weighted by Crippen LogP contribution is -2.21. The maximum Gasteiger partial charge on any atom is 0.573 e. The van der Waals surface area contributed by atoms with Crippen LogP contribution in [0.3, 0.4) is 0 Å². The molecule has 0 bridgehead atoms. The summed E-state index contributed by atoms with van der Waals surface area (Å²) < 4.78 is 76.9. The average Bonchev–Trinajstić information content (AvgIpc) is 3.33. The van der Waals surface area contributed by atoms with Gasteiger partial charge in [-0.3, -0.25) is 0 Å². The smallest absolute Gasteiger partial charge is 0.497 e. The van der Waals surface area contributed by atoms with Crippen molar-refractivity contribution in [3.63, 3.8) is 0 Å². The lowest BCUT2D eigenvalue weighted by molar-refractivity contribution is -0.274. The number of aryl methyl sites for hydroxylation is 1. The van der Waals surface area contributed by atoms with E-state index in [0.717, 1.165) is 5.56 Å². The second-order valence-electron chi connectivity index (χ2n) is 8.67. The van der Waals surface area contributed by atoms with E-state index in [2.05, 4.69) is 19.8 Å². The Kier molecular flexibility index (Phi) is 8.17. The predicted molar refractivity (Wildman–Crippen MR) is 141 cm³/mol. The summed E-state index contributed by atoms with van der Waals surface area (Å²) in [6.07, 6.45) is -1.08. The lowest BCUT2D eigenvalue weighted by Gasteiger charge is -2.19. The van der Waals surface area contributed by atoms with Gasteiger partial charge in [0.1, 0.15) is 11.5 Å². The first kappa shape index (κ1) is 28.0. The van der Waals surface area contributed by atoms with Crippen molar-refractivity contribution in [3.8, 4) is 22.8 Å². The van der Waals surface area contributed by atoms with Gasteiger partial charge < -0.3 is 19.4 Å². The molecule has 0 aliphatic heterocycles. The first-order chi connectivity index (χ1) is 18.5. The summed E-state index contributed by atoms with van der Waals surface area (Å²) in [4.78, 5) is 4.60. The standard InChI is InChI=1S/C27H27F3N4O4S/c1-31-39(35,36)25-13-12-23(32-15-19-6-10-21(11-7-19)38-27(28,29)30)26(24-16-34(2)17-33-24)22(25)14-18-4-8-20(37-3)9-5-18/h4-13,16-17,31-32H,14-15H2,1-3H3. The fourth-order valence-electron chi connectivity index (χ4n) is 4.10. The van der Waals surface area contributed by atoms with E-state index < -0.39 is 16.4 Å². The number of benzene rings is 3. The Balaban J connectivity index is 1.76. The number of alkyl halides is 3. The molecule has 39 heavy (non-hydrogen) atoms. The summed E-state index contributed by atoms with van der Waals surface area (Å²) in [6, 6.07) is 16.0. The van der Waals surface area contributed by atoms with Crippen LogP contribution in [0.15, 0.2) is 78.1 Å². The van der Waals surface area contributed by atoms with Crippen molar-refractivity contribution in [3.05, 3.63) is 89.9 Å². The Hall–Kier alpha value is -4.03. The number of methoxy groups -OCH3 is 1. The molecule has 0 fully saturated rings. The number of ether oxygens (including phenoxy) is 2. The van der Waals surface area contributed by atoms with E-state index in [-0.39, 0.29) is 23.6 Å². The molecule has 0 amide bonds. The number of nitrogens with one attached hydrogen (secondary N) is 2. The molecule has 4 rings (SSSR count). The molecule has 0 aliphatic carbocycles. The van der Waals surface area contributed by atoms with Gasteiger partial charge in [-0.2, -0.15) is 0 Å². The van der Waals surface area contributed by atoms with Crippen LogP contribution in [0, 0.1) is 0 Å². The van der Waals surface area contributed by atoms with Crippen LogP contribution in [0.2, 0.25) is 0 Å². The van der Waals surface area contributed by atoms with Crippen molar-refractivity contribution >= 4 is 15.7 Å². The number of nitrogens with zero attached hydrogens (tertiary/aromatic N) is 2. The van der Waals surface area contributed by atoms with E-state index in [1.165, 1.54) is 37.4 Å². The van der Waals surface area contributed by atoms with Crippen molar-refractivity contribution in [2.24, 2.45) is 7.05 Å². The number of rotatable bonds is 10. The van der Waals surface area contributed by atoms with Gasteiger partial charge in [0, 0.05) is 31.0 Å². The molecule has 8 nitrogen and oxygen atoms in total. The first-order valence-electron chi connectivity index (χ1n) is 11.8. The van der Waals surface area contributed by atoms with E-state index in [9.17, 15) is 21.6 Å². The third-order valence-electron chi connectivity index (χ3n) is 5.97. The topological polar surface area (TPSA) is 94.5 Å². The molecule has 1 heterocycles. The van der Waals surface area contributed by atoms with Crippen LogP contribution < -0.4 is 19.5 Å². The van der Waals surface area contributed by atoms with Gasteiger partial charge in [-0.15, -0.1) is 13.2 Å². The molecule has 1 aromatic heterocycles. The number of sulfonamides is 1. The van der Waals surface area contributed by atoms with Gasteiger partial charge >= 0.3 is 6.36 Å². The van der Waals surface area contributed by atoms with Crippen LogP contribution >= 0.6 is 0 Å². The minimum Gasteiger partial charge on any atom is -0.497 e. The summed E-state index contributed by atoms with van der Waals surface area (Å²) in [5, 5.41) is 3.30. The number of hydrogen-bond acceptors (Lipinski definition) is 6. The minimum absolute atomic E-state index is 0.112. The van der Waals surface area contributed by atoms with Gasteiger partial charge in [-0.25, -0.2) is 18.1 Å². The van der Waals surface area contributed by atoms with Crippen LogP contribution in [-0.2, 0) is 30.0 Å².